The third-order valence-corrected chi connectivity index (χ3v) is 3.99. The van der Waals surface area contributed by atoms with Gasteiger partial charge in [0.15, 0.2) is 0 Å². The summed E-state index contributed by atoms with van der Waals surface area (Å²) >= 11 is 0. The van der Waals surface area contributed by atoms with Gasteiger partial charge in [0.2, 0.25) is 11.8 Å². The Bertz CT molecular complexity index is 331. The van der Waals surface area contributed by atoms with Gasteiger partial charge in [-0.25, -0.2) is 0 Å². The smallest absolute Gasteiger partial charge is 0.224 e. The van der Waals surface area contributed by atoms with E-state index < -0.39 is 0 Å². The topological polar surface area (TPSA) is 84.2 Å². The van der Waals surface area contributed by atoms with Crippen molar-refractivity contribution in [3.05, 3.63) is 0 Å². The lowest BCUT2D eigenvalue weighted by Gasteiger charge is -2.32. The predicted molar refractivity (Wildman–Crippen MR) is 80.0 cm³/mol. The Morgan fingerprint density at radius 2 is 1.95 bits per heavy atom. The summed E-state index contributed by atoms with van der Waals surface area (Å²) in [5.41, 5.74) is 6.10. The Hall–Kier alpha value is -1.10. The molecule has 1 aliphatic rings. The number of carbonyl (C=O) groups is 2. The van der Waals surface area contributed by atoms with Crippen molar-refractivity contribution in [1.82, 2.24) is 10.6 Å². The van der Waals surface area contributed by atoms with Gasteiger partial charge in [-0.1, -0.05) is 27.2 Å². The molecule has 5 heteroatoms. The van der Waals surface area contributed by atoms with Crippen molar-refractivity contribution in [2.24, 2.45) is 23.5 Å². The molecule has 0 heterocycles. The van der Waals surface area contributed by atoms with Gasteiger partial charge in [-0.05, 0) is 24.7 Å². The molecule has 1 rings (SSSR count). The number of nitrogens with two attached hydrogens (primary N) is 1. The van der Waals surface area contributed by atoms with E-state index in [1.165, 1.54) is 0 Å². The Morgan fingerprint density at radius 1 is 1.25 bits per heavy atom. The maximum absolute atomic E-state index is 12.1. The van der Waals surface area contributed by atoms with E-state index in [0.29, 0.717) is 31.3 Å². The quantitative estimate of drug-likeness (QED) is 0.680. The second kappa shape index (κ2) is 8.25. The van der Waals surface area contributed by atoms with E-state index in [4.69, 9.17) is 5.73 Å². The summed E-state index contributed by atoms with van der Waals surface area (Å²) in [6, 6.07) is -0.0569. The molecule has 0 aromatic rings. The fraction of sp³-hybridized carbons (Fsp3) is 0.867. The number of carbonyl (C=O) groups excluding carboxylic acids is 2. The maximum Gasteiger partial charge on any atom is 0.224 e. The molecule has 4 N–H and O–H groups in total. The van der Waals surface area contributed by atoms with Crippen LogP contribution in [0.1, 0.15) is 46.5 Å². The molecule has 0 aliphatic heterocycles. The first-order valence-corrected chi connectivity index (χ1v) is 7.71. The van der Waals surface area contributed by atoms with Gasteiger partial charge in [-0.3, -0.25) is 9.59 Å². The van der Waals surface area contributed by atoms with Crippen LogP contribution in [0.25, 0.3) is 0 Å². The largest absolute Gasteiger partial charge is 0.356 e. The molecule has 116 valence electrons. The fourth-order valence-corrected chi connectivity index (χ4v) is 2.58. The monoisotopic (exact) mass is 283 g/mol. The first-order valence-electron chi connectivity index (χ1n) is 7.71. The van der Waals surface area contributed by atoms with Gasteiger partial charge in [-0.2, -0.15) is 0 Å². The van der Waals surface area contributed by atoms with Crippen LogP contribution < -0.4 is 16.4 Å². The van der Waals surface area contributed by atoms with Crippen LogP contribution in [0, 0.1) is 17.8 Å². The highest BCUT2D eigenvalue weighted by Crippen LogP contribution is 2.27. The fourth-order valence-electron chi connectivity index (χ4n) is 2.58. The van der Waals surface area contributed by atoms with Crippen molar-refractivity contribution >= 4 is 11.8 Å². The standard InChI is InChI=1S/C15H29N3O2/c1-10(2)9-18-13(19)7-8-17-15(20)12-6-4-5-11(3)14(12)16/h10-12,14H,4-9,16H2,1-3H3,(H,17,20)(H,18,19). The van der Waals surface area contributed by atoms with Gasteiger partial charge >= 0.3 is 0 Å². The van der Waals surface area contributed by atoms with Crippen LogP contribution in [0.5, 0.6) is 0 Å². The molecule has 20 heavy (non-hydrogen) atoms. The summed E-state index contributed by atoms with van der Waals surface area (Å²) in [7, 11) is 0. The van der Waals surface area contributed by atoms with Gasteiger partial charge in [0.05, 0.1) is 5.92 Å². The maximum atomic E-state index is 12.1. The molecule has 0 spiro atoms. The molecule has 0 aromatic carbocycles. The summed E-state index contributed by atoms with van der Waals surface area (Å²) in [5, 5.41) is 5.68. The molecule has 5 nitrogen and oxygen atoms in total. The van der Waals surface area contributed by atoms with E-state index in [0.717, 1.165) is 19.3 Å². The van der Waals surface area contributed by atoms with Crippen molar-refractivity contribution in [1.29, 1.82) is 0 Å². The molecule has 0 saturated heterocycles. The Morgan fingerprint density at radius 3 is 2.60 bits per heavy atom. The average molecular weight is 283 g/mol. The minimum Gasteiger partial charge on any atom is -0.356 e. The Labute approximate surface area is 122 Å². The zero-order valence-electron chi connectivity index (χ0n) is 12.9. The first-order chi connectivity index (χ1) is 9.41. The van der Waals surface area contributed by atoms with E-state index in [9.17, 15) is 9.59 Å². The third-order valence-electron chi connectivity index (χ3n) is 3.99. The van der Waals surface area contributed by atoms with Crippen molar-refractivity contribution in [3.63, 3.8) is 0 Å². The van der Waals surface area contributed by atoms with Gasteiger partial charge in [0, 0.05) is 25.6 Å². The lowest BCUT2D eigenvalue weighted by atomic mass is 9.78. The second-order valence-electron chi connectivity index (χ2n) is 6.33. The zero-order chi connectivity index (χ0) is 15.1. The van der Waals surface area contributed by atoms with Crippen LogP contribution in [-0.4, -0.2) is 30.9 Å². The molecule has 1 fully saturated rings. The molecule has 0 bridgehead atoms. The highest BCUT2D eigenvalue weighted by atomic mass is 16.2. The number of rotatable bonds is 6. The lowest BCUT2D eigenvalue weighted by molar-refractivity contribution is -0.127. The van der Waals surface area contributed by atoms with E-state index in [1.807, 2.05) is 13.8 Å². The summed E-state index contributed by atoms with van der Waals surface area (Å²) < 4.78 is 0. The zero-order valence-corrected chi connectivity index (χ0v) is 12.9. The van der Waals surface area contributed by atoms with Crippen molar-refractivity contribution in [2.75, 3.05) is 13.1 Å². The number of hydrogen-bond donors (Lipinski definition) is 3. The molecular weight excluding hydrogens is 254 g/mol. The van der Waals surface area contributed by atoms with E-state index in [1.54, 1.807) is 0 Å². The first kappa shape index (κ1) is 17.0. The third kappa shape index (κ3) is 5.49. The molecule has 3 atom stereocenters. The van der Waals surface area contributed by atoms with E-state index in [-0.39, 0.29) is 23.8 Å². The predicted octanol–water partition coefficient (Wildman–Crippen LogP) is 1.03. The van der Waals surface area contributed by atoms with Crippen molar-refractivity contribution in [2.45, 2.75) is 52.5 Å². The van der Waals surface area contributed by atoms with Crippen LogP contribution in [-0.2, 0) is 9.59 Å². The minimum absolute atomic E-state index is 0.000657. The van der Waals surface area contributed by atoms with Crippen LogP contribution in [0.15, 0.2) is 0 Å². The van der Waals surface area contributed by atoms with Gasteiger partial charge in [0.1, 0.15) is 0 Å². The van der Waals surface area contributed by atoms with Gasteiger partial charge < -0.3 is 16.4 Å². The second-order valence-corrected chi connectivity index (χ2v) is 6.33. The van der Waals surface area contributed by atoms with Gasteiger partial charge in [-0.15, -0.1) is 0 Å². The highest BCUT2D eigenvalue weighted by molar-refractivity contribution is 5.81. The van der Waals surface area contributed by atoms with Crippen LogP contribution in [0.4, 0.5) is 0 Å². The van der Waals surface area contributed by atoms with Crippen molar-refractivity contribution < 1.29 is 9.59 Å². The van der Waals surface area contributed by atoms with E-state index in [2.05, 4.69) is 17.6 Å². The summed E-state index contributed by atoms with van der Waals surface area (Å²) in [6.07, 6.45) is 3.34. The molecule has 2 amide bonds. The summed E-state index contributed by atoms with van der Waals surface area (Å²) in [4.78, 5) is 23.6. The normalized spacial score (nSPS) is 26.4. The van der Waals surface area contributed by atoms with Crippen LogP contribution in [0.3, 0.4) is 0 Å². The van der Waals surface area contributed by atoms with Crippen molar-refractivity contribution in [3.8, 4) is 0 Å². The summed E-state index contributed by atoms with van der Waals surface area (Å²) in [5.74, 6) is 0.725. The van der Waals surface area contributed by atoms with Crippen LogP contribution >= 0.6 is 0 Å². The average Bonchev–Trinajstić information content (AvgIpc) is 2.39. The Balaban J connectivity index is 2.24. The molecule has 1 aliphatic carbocycles. The number of nitrogens with one attached hydrogen (secondary N) is 2. The van der Waals surface area contributed by atoms with Crippen LogP contribution in [0.2, 0.25) is 0 Å². The Kier molecular flexibility index (Phi) is 6.99. The summed E-state index contributed by atoms with van der Waals surface area (Å²) in [6.45, 7) is 7.27. The lowest BCUT2D eigenvalue weighted by Crippen LogP contribution is -2.47. The molecule has 1 saturated carbocycles. The number of amides is 2. The molecular formula is C15H29N3O2. The molecule has 3 unspecified atom stereocenters. The minimum atomic E-state index is -0.0996. The molecule has 0 aromatic heterocycles. The molecule has 0 radical (unpaired) electrons. The van der Waals surface area contributed by atoms with Gasteiger partial charge in [0.25, 0.3) is 0 Å². The highest BCUT2D eigenvalue weighted by Gasteiger charge is 2.32. The van der Waals surface area contributed by atoms with E-state index >= 15 is 0 Å². The SMILES string of the molecule is CC(C)CNC(=O)CCNC(=O)C1CCCC(C)C1N. The number of hydrogen-bond acceptors (Lipinski definition) is 3.